The summed E-state index contributed by atoms with van der Waals surface area (Å²) in [6, 6.07) is 0. The summed E-state index contributed by atoms with van der Waals surface area (Å²) in [5.74, 6) is -0.650. The molecule has 0 saturated carbocycles. The van der Waals surface area contributed by atoms with Gasteiger partial charge in [0.15, 0.2) is 0 Å². The number of unbranched alkanes of at least 4 members (excludes halogenated alkanes) is 20. The first kappa shape index (κ1) is 30.1. The maximum absolute atomic E-state index is 10.4. The monoisotopic (exact) mass is 458 g/mol. The zero-order chi connectivity index (χ0) is 19.1. The molecule has 0 aliphatic carbocycles. The normalized spacial score (nSPS) is 10.7. The van der Waals surface area contributed by atoms with E-state index in [4.69, 9.17) is 5.11 Å². The Kier molecular flexibility index (Phi) is 30.1. The van der Waals surface area contributed by atoms with E-state index in [0.717, 1.165) is 12.8 Å². The molecule has 0 radical (unpaired) electrons. The Morgan fingerprint density at radius 2 is 0.704 bits per heavy atom. The van der Waals surface area contributed by atoms with E-state index < -0.39 is 5.97 Å². The quantitative estimate of drug-likeness (QED) is 0.133. The summed E-state index contributed by atoms with van der Waals surface area (Å²) in [4.78, 5) is 10.4. The SMILES string of the molecule is CCCCCCCCCCCCCCCCCCCCCCCC(=O)O.[SrH2]. The first-order valence-corrected chi connectivity index (χ1v) is 12.0. The second kappa shape index (κ2) is 27.0. The average Bonchev–Trinajstić information content (AvgIpc) is 2.62. The molecule has 0 aromatic heterocycles. The molecule has 0 aromatic rings. The molecule has 0 aromatic carbocycles. The van der Waals surface area contributed by atoms with Gasteiger partial charge in [-0.15, -0.1) is 0 Å². The van der Waals surface area contributed by atoms with Crippen molar-refractivity contribution in [2.45, 2.75) is 148 Å². The van der Waals surface area contributed by atoms with E-state index >= 15 is 0 Å². The Morgan fingerprint density at radius 1 is 0.481 bits per heavy atom. The molecule has 0 aliphatic rings. The predicted molar refractivity (Wildman–Crippen MR) is 123 cm³/mol. The number of rotatable bonds is 22. The molecule has 0 fully saturated rings. The van der Waals surface area contributed by atoms with Crippen molar-refractivity contribution in [3.8, 4) is 0 Å². The van der Waals surface area contributed by atoms with Crippen molar-refractivity contribution in [2.24, 2.45) is 0 Å². The summed E-state index contributed by atoms with van der Waals surface area (Å²) in [5.41, 5.74) is 0. The third-order valence-electron chi connectivity index (χ3n) is 5.49. The molecule has 0 saturated heterocycles. The van der Waals surface area contributed by atoms with Gasteiger partial charge in [-0.2, -0.15) is 0 Å². The fraction of sp³-hybridized carbons (Fsp3) is 0.958. The van der Waals surface area contributed by atoms with Gasteiger partial charge in [0.05, 0.1) is 0 Å². The zero-order valence-electron chi connectivity index (χ0n) is 17.9. The molecule has 2 nitrogen and oxygen atoms in total. The molecule has 0 bridgehead atoms. The van der Waals surface area contributed by atoms with E-state index in [0.29, 0.717) is 6.42 Å². The van der Waals surface area contributed by atoms with Crippen LogP contribution < -0.4 is 0 Å². The van der Waals surface area contributed by atoms with Crippen LogP contribution in [-0.4, -0.2) is 56.6 Å². The van der Waals surface area contributed by atoms with Crippen molar-refractivity contribution in [2.75, 3.05) is 0 Å². The van der Waals surface area contributed by atoms with Crippen LogP contribution in [0.25, 0.3) is 0 Å². The van der Waals surface area contributed by atoms with Gasteiger partial charge >= 0.3 is 51.5 Å². The van der Waals surface area contributed by atoms with Gasteiger partial charge in [-0.25, -0.2) is 0 Å². The minimum absolute atomic E-state index is 0. The summed E-state index contributed by atoms with van der Waals surface area (Å²) < 4.78 is 0. The number of hydrogen-bond donors (Lipinski definition) is 1. The van der Waals surface area contributed by atoms with Crippen LogP contribution in [-0.2, 0) is 4.79 Å². The van der Waals surface area contributed by atoms with Gasteiger partial charge in [-0.1, -0.05) is 135 Å². The third kappa shape index (κ3) is 29.2. The first-order chi connectivity index (χ1) is 12.8. The summed E-state index contributed by atoms with van der Waals surface area (Å²) in [6.45, 7) is 2.29. The third-order valence-corrected chi connectivity index (χ3v) is 5.49. The van der Waals surface area contributed by atoms with Gasteiger partial charge in [0.25, 0.3) is 0 Å². The van der Waals surface area contributed by atoms with Crippen molar-refractivity contribution in [1.82, 2.24) is 0 Å². The van der Waals surface area contributed by atoms with Crippen molar-refractivity contribution in [3.05, 3.63) is 0 Å². The molecule has 3 heteroatoms. The van der Waals surface area contributed by atoms with Gasteiger partial charge in [0, 0.05) is 6.42 Å². The fourth-order valence-electron chi connectivity index (χ4n) is 3.71. The van der Waals surface area contributed by atoms with Gasteiger partial charge in [-0.3, -0.25) is 4.79 Å². The molecule has 0 unspecified atom stereocenters. The van der Waals surface area contributed by atoms with E-state index in [1.807, 2.05) is 0 Å². The Bertz CT molecular complexity index is 282. The Balaban J connectivity index is 0. The van der Waals surface area contributed by atoms with Crippen LogP contribution in [0.2, 0.25) is 0 Å². The molecule has 0 heterocycles. The zero-order valence-corrected chi connectivity index (χ0v) is 17.9. The molecule has 0 spiro atoms. The Morgan fingerprint density at radius 3 is 0.926 bits per heavy atom. The molecule has 0 rings (SSSR count). The van der Waals surface area contributed by atoms with Crippen LogP contribution in [0.1, 0.15) is 148 Å². The molecule has 0 amide bonds. The molecular weight excluding hydrogens is 408 g/mol. The molecular formula is C24H50O2Sr. The second-order valence-electron chi connectivity index (χ2n) is 8.21. The number of aliphatic carboxylic acids is 1. The molecule has 27 heavy (non-hydrogen) atoms. The number of carboxylic acid groups (broad SMARTS) is 1. The van der Waals surface area contributed by atoms with Gasteiger partial charge in [0.2, 0.25) is 0 Å². The average molecular weight is 458 g/mol. The molecule has 160 valence electrons. The van der Waals surface area contributed by atoms with Crippen molar-refractivity contribution in [3.63, 3.8) is 0 Å². The van der Waals surface area contributed by atoms with Crippen molar-refractivity contribution < 1.29 is 9.90 Å². The van der Waals surface area contributed by atoms with Crippen LogP contribution in [0.4, 0.5) is 0 Å². The number of hydrogen-bond acceptors (Lipinski definition) is 1. The molecule has 0 atom stereocenters. The van der Waals surface area contributed by atoms with E-state index in [9.17, 15) is 4.79 Å². The number of carbonyl (C=O) groups is 1. The van der Waals surface area contributed by atoms with Crippen LogP contribution in [0, 0.1) is 0 Å². The summed E-state index contributed by atoms with van der Waals surface area (Å²) in [7, 11) is 0. The van der Waals surface area contributed by atoms with Gasteiger partial charge < -0.3 is 5.11 Å². The maximum atomic E-state index is 10.4. The second-order valence-corrected chi connectivity index (χ2v) is 8.21. The van der Waals surface area contributed by atoms with Crippen LogP contribution in [0.5, 0.6) is 0 Å². The summed E-state index contributed by atoms with van der Waals surface area (Å²) in [5, 5.41) is 8.57. The molecule has 0 aliphatic heterocycles. The van der Waals surface area contributed by atoms with Gasteiger partial charge in [-0.05, 0) is 6.42 Å². The Labute approximate surface area is 207 Å². The van der Waals surface area contributed by atoms with E-state index in [1.165, 1.54) is 122 Å². The van der Waals surface area contributed by atoms with Gasteiger partial charge in [0.1, 0.15) is 0 Å². The molecule has 1 N–H and O–H groups in total. The number of carboxylic acids is 1. The Hall–Kier alpha value is 0.951. The van der Waals surface area contributed by atoms with E-state index in [-0.39, 0.29) is 45.5 Å². The van der Waals surface area contributed by atoms with Crippen LogP contribution >= 0.6 is 0 Å². The van der Waals surface area contributed by atoms with E-state index in [1.54, 1.807) is 0 Å². The summed E-state index contributed by atoms with van der Waals surface area (Å²) >= 11 is 0. The standard InChI is InChI=1S/C24H48O2.Sr.2H/c1-2-3-4-5-6-7-8-9-10-11-12-13-14-15-16-17-18-19-20-21-22-23-24(25)26;;;/h2-23H2,1H3,(H,25,26);;;. The fourth-order valence-corrected chi connectivity index (χ4v) is 3.71. The topological polar surface area (TPSA) is 37.3 Å². The van der Waals surface area contributed by atoms with E-state index in [2.05, 4.69) is 6.92 Å². The predicted octanol–water partition coefficient (Wildman–Crippen LogP) is 7.76. The van der Waals surface area contributed by atoms with Crippen LogP contribution in [0.3, 0.4) is 0 Å². The summed E-state index contributed by atoms with van der Waals surface area (Å²) in [6.07, 6.45) is 29.1. The van der Waals surface area contributed by atoms with Crippen LogP contribution in [0.15, 0.2) is 0 Å². The first-order valence-electron chi connectivity index (χ1n) is 12.0. The minimum atomic E-state index is -0.650. The van der Waals surface area contributed by atoms with Crippen molar-refractivity contribution >= 4 is 51.5 Å². The van der Waals surface area contributed by atoms with Crippen molar-refractivity contribution in [1.29, 1.82) is 0 Å².